The van der Waals surface area contributed by atoms with Crippen molar-refractivity contribution in [3.8, 4) is 5.88 Å². The first-order chi connectivity index (χ1) is 12.2. The Kier molecular flexibility index (Phi) is 6.01. The fourth-order valence-electron chi connectivity index (χ4n) is 2.69. The Morgan fingerprint density at radius 3 is 2.56 bits per heavy atom. The molecule has 0 amide bonds. The number of likely N-dealkylation sites (tertiary alicyclic amines) is 1. The lowest BCUT2D eigenvalue weighted by Crippen LogP contribution is -2.24. The molecule has 0 atom stereocenters. The van der Waals surface area contributed by atoms with Gasteiger partial charge in [0.05, 0.1) is 5.71 Å². The van der Waals surface area contributed by atoms with Gasteiger partial charge in [-0.05, 0) is 38.3 Å². The van der Waals surface area contributed by atoms with Crippen LogP contribution in [0.25, 0.3) is 0 Å². The number of ether oxygens (including phenoxy) is 1. The van der Waals surface area contributed by atoms with Crippen LogP contribution >= 0.6 is 0 Å². The molecule has 1 aromatic carbocycles. The SMILES string of the molecule is C/C(=N\OCc1ccc(C)cc1)c1ccc(OCN2CCCC2)nc1. The molecule has 5 heteroatoms. The summed E-state index contributed by atoms with van der Waals surface area (Å²) in [5, 5.41) is 4.18. The number of aromatic nitrogens is 1. The van der Waals surface area contributed by atoms with Crippen molar-refractivity contribution >= 4 is 5.71 Å². The van der Waals surface area contributed by atoms with E-state index < -0.39 is 0 Å². The van der Waals surface area contributed by atoms with E-state index in [4.69, 9.17) is 9.57 Å². The van der Waals surface area contributed by atoms with Crippen molar-refractivity contribution in [1.82, 2.24) is 9.88 Å². The minimum Gasteiger partial charge on any atom is -0.461 e. The summed E-state index contributed by atoms with van der Waals surface area (Å²) in [6, 6.07) is 12.1. The predicted octanol–water partition coefficient (Wildman–Crippen LogP) is 3.76. The quantitative estimate of drug-likeness (QED) is 0.569. The summed E-state index contributed by atoms with van der Waals surface area (Å²) in [6.07, 6.45) is 4.29. The van der Waals surface area contributed by atoms with Gasteiger partial charge in [-0.25, -0.2) is 4.98 Å². The molecule has 5 nitrogen and oxygen atoms in total. The van der Waals surface area contributed by atoms with Gasteiger partial charge in [0.1, 0.15) is 13.3 Å². The summed E-state index contributed by atoms with van der Waals surface area (Å²) in [7, 11) is 0. The fraction of sp³-hybridized carbons (Fsp3) is 0.400. The molecule has 1 fully saturated rings. The minimum atomic E-state index is 0.460. The van der Waals surface area contributed by atoms with Gasteiger partial charge in [-0.1, -0.05) is 35.0 Å². The molecule has 25 heavy (non-hydrogen) atoms. The maximum absolute atomic E-state index is 5.72. The third-order valence-electron chi connectivity index (χ3n) is 4.30. The molecule has 0 radical (unpaired) electrons. The smallest absolute Gasteiger partial charge is 0.214 e. The zero-order chi connectivity index (χ0) is 17.5. The van der Waals surface area contributed by atoms with Crippen LogP contribution in [0, 0.1) is 6.92 Å². The van der Waals surface area contributed by atoms with Crippen molar-refractivity contribution in [3.63, 3.8) is 0 Å². The average Bonchev–Trinajstić information content (AvgIpc) is 3.15. The van der Waals surface area contributed by atoms with Gasteiger partial charge in [0.2, 0.25) is 5.88 Å². The molecule has 2 heterocycles. The zero-order valence-corrected chi connectivity index (χ0v) is 14.9. The number of rotatable bonds is 7. The normalized spacial score (nSPS) is 15.4. The second kappa shape index (κ2) is 8.62. The molecule has 3 rings (SSSR count). The van der Waals surface area contributed by atoms with Crippen molar-refractivity contribution in [1.29, 1.82) is 0 Å². The van der Waals surface area contributed by atoms with Crippen LogP contribution in [0.2, 0.25) is 0 Å². The zero-order valence-electron chi connectivity index (χ0n) is 14.9. The van der Waals surface area contributed by atoms with E-state index in [0.717, 1.165) is 29.9 Å². The van der Waals surface area contributed by atoms with Gasteiger partial charge >= 0.3 is 0 Å². The number of pyridine rings is 1. The second-order valence-corrected chi connectivity index (χ2v) is 6.42. The average molecular weight is 339 g/mol. The van der Waals surface area contributed by atoms with Crippen molar-refractivity contribution in [2.45, 2.75) is 33.3 Å². The summed E-state index contributed by atoms with van der Waals surface area (Å²) in [4.78, 5) is 12.1. The molecule has 1 saturated heterocycles. The molecule has 0 spiro atoms. The number of aryl methyl sites for hydroxylation is 1. The van der Waals surface area contributed by atoms with Crippen LogP contribution in [0.4, 0.5) is 0 Å². The summed E-state index contributed by atoms with van der Waals surface area (Å²) in [6.45, 7) is 7.28. The number of benzene rings is 1. The minimum absolute atomic E-state index is 0.460. The number of oxime groups is 1. The Labute approximate surface area is 149 Å². The summed E-state index contributed by atoms with van der Waals surface area (Å²) >= 11 is 0. The van der Waals surface area contributed by atoms with Crippen LogP contribution in [-0.2, 0) is 11.4 Å². The van der Waals surface area contributed by atoms with E-state index in [-0.39, 0.29) is 0 Å². The van der Waals surface area contributed by atoms with E-state index in [0.29, 0.717) is 19.2 Å². The van der Waals surface area contributed by atoms with E-state index in [9.17, 15) is 0 Å². The summed E-state index contributed by atoms with van der Waals surface area (Å²) in [5.41, 5.74) is 4.07. The summed E-state index contributed by atoms with van der Waals surface area (Å²) in [5.74, 6) is 0.643. The van der Waals surface area contributed by atoms with Gasteiger partial charge in [0, 0.05) is 30.9 Å². The highest BCUT2D eigenvalue weighted by molar-refractivity contribution is 5.98. The van der Waals surface area contributed by atoms with E-state index in [1.54, 1.807) is 6.20 Å². The number of nitrogens with zero attached hydrogens (tertiary/aromatic N) is 3. The van der Waals surface area contributed by atoms with Crippen LogP contribution in [0.3, 0.4) is 0 Å². The Hall–Kier alpha value is -2.40. The molecular formula is C20H25N3O2. The fourth-order valence-corrected chi connectivity index (χ4v) is 2.69. The van der Waals surface area contributed by atoms with Gasteiger partial charge in [-0.15, -0.1) is 0 Å². The number of hydrogen-bond donors (Lipinski definition) is 0. The lowest BCUT2D eigenvalue weighted by Gasteiger charge is -2.14. The largest absolute Gasteiger partial charge is 0.461 e. The van der Waals surface area contributed by atoms with Crippen molar-refractivity contribution in [3.05, 3.63) is 59.3 Å². The summed E-state index contributed by atoms with van der Waals surface area (Å²) < 4.78 is 5.72. The molecule has 1 aromatic heterocycles. The Morgan fingerprint density at radius 1 is 1.12 bits per heavy atom. The highest BCUT2D eigenvalue weighted by Gasteiger charge is 2.11. The maximum Gasteiger partial charge on any atom is 0.214 e. The third kappa shape index (κ3) is 5.29. The van der Waals surface area contributed by atoms with Crippen LogP contribution in [0.5, 0.6) is 5.88 Å². The molecule has 1 aliphatic rings. The molecule has 0 unspecified atom stereocenters. The molecule has 132 valence electrons. The van der Waals surface area contributed by atoms with Crippen LogP contribution < -0.4 is 4.74 Å². The number of hydrogen-bond acceptors (Lipinski definition) is 5. The van der Waals surface area contributed by atoms with E-state index >= 15 is 0 Å². The van der Waals surface area contributed by atoms with Gasteiger partial charge < -0.3 is 9.57 Å². The topological polar surface area (TPSA) is 47.0 Å². The van der Waals surface area contributed by atoms with Crippen molar-refractivity contribution < 1.29 is 9.57 Å². The molecule has 0 bridgehead atoms. The molecule has 1 aliphatic heterocycles. The van der Waals surface area contributed by atoms with Crippen LogP contribution in [0.15, 0.2) is 47.8 Å². The second-order valence-electron chi connectivity index (χ2n) is 6.42. The Morgan fingerprint density at radius 2 is 1.88 bits per heavy atom. The first-order valence-corrected chi connectivity index (χ1v) is 8.74. The van der Waals surface area contributed by atoms with Crippen LogP contribution in [-0.4, -0.2) is 35.4 Å². The predicted molar refractivity (Wildman–Crippen MR) is 98.7 cm³/mol. The third-order valence-corrected chi connectivity index (χ3v) is 4.30. The molecule has 0 saturated carbocycles. The molecule has 0 aliphatic carbocycles. The lowest BCUT2D eigenvalue weighted by atomic mass is 10.2. The van der Waals surface area contributed by atoms with E-state index in [2.05, 4.69) is 34.1 Å². The van der Waals surface area contributed by atoms with Gasteiger partial charge in [-0.3, -0.25) is 4.90 Å². The lowest BCUT2D eigenvalue weighted by molar-refractivity contribution is 0.130. The van der Waals surface area contributed by atoms with Gasteiger partial charge in [0.15, 0.2) is 0 Å². The van der Waals surface area contributed by atoms with E-state index in [1.165, 1.54) is 18.4 Å². The van der Waals surface area contributed by atoms with Gasteiger partial charge in [-0.2, -0.15) is 0 Å². The first kappa shape index (κ1) is 17.4. The Balaban J connectivity index is 1.49. The van der Waals surface area contributed by atoms with Crippen molar-refractivity contribution in [2.24, 2.45) is 5.16 Å². The highest BCUT2D eigenvalue weighted by Crippen LogP contribution is 2.12. The maximum atomic E-state index is 5.72. The van der Waals surface area contributed by atoms with Gasteiger partial charge in [0.25, 0.3) is 0 Å². The Bertz CT molecular complexity index is 690. The van der Waals surface area contributed by atoms with Crippen molar-refractivity contribution in [2.75, 3.05) is 19.8 Å². The van der Waals surface area contributed by atoms with E-state index in [1.807, 2.05) is 31.2 Å². The molecule has 0 N–H and O–H groups in total. The monoisotopic (exact) mass is 339 g/mol. The molecular weight excluding hydrogens is 314 g/mol. The highest BCUT2D eigenvalue weighted by atomic mass is 16.6. The van der Waals surface area contributed by atoms with Crippen LogP contribution in [0.1, 0.15) is 36.5 Å². The first-order valence-electron chi connectivity index (χ1n) is 8.74. The molecule has 2 aromatic rings. The standard InChI is InChI=1S/C20H25N3O2/c1-16-5-7-18(8-6-16)14-25-22-17(2)19-9-10-20(21-13-19)24-15-23-11-3-4-12-23/h5-10,13H,3-4,11-12,14-15H2,1-2H3/b22-17+.